The molecule has 3 N–H and O–H groups in total. The summed E-state index contributed by atoms with van der Waals surface area (Å²) in [5, 5.41) is 9.23. The SMILES string of the molecule is Nc1ccc2nc(Cc3ccc(O)cc3)cn2c1. The summed E-state index contributed by atoms with van der Waals surface area (Å²) in [5.41, 5.74) is 9.42. The number of aromatic nitrogens is 2. The maximum atomic E-state index is 9.23. The second-order valence-corrected chi connectivity index (χ2v) is 4.30. The number of nitrogens with zero attached hydrogens (tertiary/aromatic N) is 2. The van der Waals surface area contributed by atoms with E-state index < -0.39 is 0 Å². The van der Waals surface area contributed by atoms with Crippen LogP contribution in [0.25, 0.3) is 5.65 Å². The molecule has 0 aliphatic carbocycles. The monoisotopic (exact) mass is 239 g/mol. The molecule has 0 aliphatic rings. The Morgan fingerprint density at radius 2 is 1.83 bits per heavy atom. The average Bonchev–Trinajstić information content (AvgIpc) is 2.73. The number of nitrogens with two attached hydrogens (primary N) is 1. The molecule has 18 heavy (non-hydrogen) atoms. The second kappa shape index (κ2) is 4.07. The van der Waals surface area contributed by atoms with E-state index in [1.165, 1.54) is 0 Å². The van der Waals surface area contributed by atoms with Crippen molar-refractivity contribution in [3.05, 3.63) is 60.0 Å². The molecule has 90 valence electrons. The number of imidazole rings is 1. The van der Waals surface area contributed by atoms with Gasteiger partial charge in [0.15, 0.2) is 0 Å². The number of hydrogen-bond donors (Lipinski definition) is 2. The van der Waals surface area contributed by atoms with Gasteiger partial charge in [0.1, 0.15) is 11.4 Å². The molecule has 2 aromatic heterocycles. The first-order chi connectivity index (χ1) is 8.70. The van der Waals surface area contributed by atoms with E-state index in [4.69, 9.17) is 5.73 Å². The third kappa shape index (κ3) is 2.00. The fourth-order valence-electron chi connectivity index (χ4n) is 1.97. The lowest BCUT2D eigenvalue weighted by Crippen LogP contribution is -1.88. The number of fused-ring (bicyclic) bond motifs is 1. The molecule has 0 radical (unpaired) electrons. The summed E-state index contributed by atoms with van der Waals surface area (Å²) in [6.07, 6.45) is 4.56. The zero-order chi connectivity index (χ0) is 12.5. The van der Waals surface area contributed by atoms with Crippen LogP contribution in [0.2, 0.25) is 0 Å². The van der Waals surface area contributed by atoms with E-state index in [1.54, 1.807) is 12.1 Å². The number of anilines is 1. The van der Waals surface area contributed by atoms with Gasteiger partial charge in [0.05, 0.1) is 5.69 Å². The second-order valence-electron chi connectivity index (χ2n) is 4.30. The normalized spacial score (nSPS) is 10.9. The van der Waals surface area contributed by atoms with Crippen LogP contribution in [0.4, 0.5) is 5.69 Å². The van der Waals surface area contributed by atoms with Gasteiger partial charge in [0.2, 0.25) is 0 Å². The maximum Gasteiger partial charge on any atom is 0.137 e. The quantitative estimate of drug-likeness (QED) is 0.720. The lowest BCUT2D eigenvalue weighted by Gasteiger charge is -1.97. The molecule has 0 amide bonds. The smallest absolute Gasteiger partial charge is 0.137 e. The molecular formula is C14H13N3O. The van der Waals surface area contributed by atoms with E-state index in [0.29, 0.717) is 0 Å². The van der Waals surface area contributed by atoms with Gasteiger partial charge in [-0.05, 0) is 29.8 Å². The van der Waals surface area contributed by atoms with Crippen LogP contribution < -0.4 is 5.73 Å². The van der Waals surface area contributed by atoms with Crippen molar-refractivity contribution in [3.63, 3.8) is 0 Å². The summed E-state index contributed by atoms with van der Waals surface area (Å²) in [6, 6.07) is 10.9. The highest BCUT2D eigenvalue weighted by molar-refractivity contribution is 5.48. The molecule has 2 heterocycles. The van der Waals surface area contributed by atoms with Gasteiger partial charge >= 0.3 is 0 Å². The van der Waals surface area contributed by atoms with Crippen LogP contribution in [-0.4, -0.2) is 14.5 Å². The molecule has 0 bridgehead atoms. The van der Waals surface area contributed by atoms with Gasteiger partial charge in [-0.25, -0.2) is 4.98 Å². The third-order valence-electron chi connectivity index (χ3n) is 2.85. The minimum atomic E-state index is 0.279. The Balaban J connectivity index is 1.92. The molecule has 1 aromatic carbocycles. The summed E-state index contributed by atoms with van der Waals surface area (Å²) < 4.78 is 1.92. The van der Waals surface area contributed by atoms with Crippen molar-refractivity contribution in [3.8, 4) is 5.75 Å². The summed E-state index contributed by atoms with van der Waals surface area (Å²) in [4.78, 5) is 4.52. The minimum absolute atomic E-state index is 0.279. The van der Waals surface area contributed by atoms with Crippen molar-refractivity contribution < 1.29 is 5.11 Å². The molecular weight excluding hydrogens is 226 g/mol. The largest absolute Gasteiger partial charge is 0.508 e. The Morgan fingerprint density at radius 3 is 2.61 bits per heavy atom. The zero-order valence-electron chi connectivity index (χ0n) is 9.74. The first kappa shape index (κ1) is 10.7. The Hall–Kier alpha value is -2.49. The number of phenols is 1. The molecule has 0 aliphatic heterocycles. The van der Waals surface area contributed by atoms with Crippen LogP contribution in [0.5, 0.6) is 5.75 Å². The molecule has 0 saturated carbocycles. The molecule has 0 fully saturated rings. The van der Waals surface area contributed by atoms with Crippen molar-refractivity contribution in [2.45, 2.75) is 6.42 Å². The number of aromatic hydroxyl groups is 1. The van der Waals surface area contributed by atoms with Crippen molar-refractivity contribution in [1.82, 2.24) is 9.38 Å². The van der Waals surface area contributed by atoms with Gasteiger partial charge in [0, 0.05) is 24.5 Å². The highest BCUT2D eigenvalue weighted by Crippen LogP contribution is 2.15. The van der Waals surface area contributed by atoms with Gasteiger partial charge in [-0.2, -0.15) is 0 Å². The Labute approximate surface area is 104 Å². The number of benzene rings is 1. The van der Waals surface area contributed by atoms with Crippen LogP contribution in [0.1, 0.15) is 11.3 Å². The van der Waals surface area contributed by atoms with Crippen molar-refractivity contribution >= 4 is 11.3 Å². The predicted molar refractivity (Wildman–Crippen MR) is 70.5 cm³/mol. The van der Waals surface area contributed by atoms with E-state index in [0.717, 1.165) is 29.0 Å². The predicted octanol–water partition coefficient (Wildman–Crippen LogP) is 2.21. The maximum absolute atomic E-state index is 9.23. The standard InChI is InChI=1S/C14H13N3O/c15-11-3-6-14-16-12(9-17(14)8-11)7-10-1-4-13(18)5-2-10/h1-6,8-9,18H,7,15H2. The Bertz CT molecular complexity index is 686. The first-order valence-corrected chi connectivity index (χ1v) is 5.72. The minimum Gasteiger partial charge on any atom is -0.508 e. The van der Waals surface area contributed by atoms with E-state index in [9.17, 15) is 5.11 Å². The van der Waals surface area contributed by atoms with E-state index >= 15 is 0 Å². The fraction of sp³-hybridized carbons (Fsp3) is 0.0714. The summed E-state index contributed by atoms with van der Waals surface area (Å²) in [7, 11) is 0. The van der Waals surface area contributed by atoms with Gasteiger partial charge in [-0.15, -0.1) is 0 Å². The van der Waals surface area contributed by atoms with E-state index in [1.807, 2.05) is 41.1 Å². The molecule has 3 aromatic rings. The van der Waals surface area contributed by atoms with Gasteiger partial charge in [-0.3, -0.25) is 0 Å². The van der Waals surface area contributed by atoms with Crippen LogP contribution >= 0.6 is 0 Å². The highest BCUT2D eigenvalue weighted by atomic mass is 16.3. The van der Waals surface area contributed by atoms with Crippen molar-refractivity contribution in [2.75, 3.05) is 5.73 Å². The van der Waals surface area contributed by atoms with E-state index in [-0.39, 0.29) is 5.75 Å². The summed E-state index contributed by atoms with van der Waals surface area (Å²) in [6.45, 7) is 0. The highest BCUT2D eigenvalue weighted by Gasteiger charge is 2.03. The molecule has 0 unspecified atom stereocenters. The number of phenolic OH excluding ortho intramolecular Hbond substituents is 1. The number of pyridine rings is 1. The lowest BCUT2D eigenvalue weighted by atomic mass is 10.1. The fourth-order valence-corrected chi connectivity index (χ4v) is 1.97. The third-order valence-corrected chi connectivity index (χ3v) is 2.85. The van der Waals surface area contributed by atoms with Crippen LogP contribution in [0, 0.1) is 0 Å². The summed E-state index contributed by atoms with van der Waals surface area (Å²) >= 11 is 0. The number of nitrogen functional groups attached to an aromatic ring is 1. The Morgan fingerprint density at radius 1 is 1.06 bits per heavy atom. The van der Waals surface area contributed by atoms with E-state index in [2.05, 4.69) is 4.98 Å². The number of hydrogen-bond acceptors (Lipinski definition) is 3. The molecule has 0 spiro atoms. The topological polar surface area (TPSA) is 63.5 Å². The van der Waals surface area contributed by atoms with Crippen LogP contribution in [0.15, 0.2) is 48.8 Å². The Kier molecular flexibility index (Phi) is 2.41. The average molecular weight is 239 g/mol. The van der Waals surface area contributed by atoms with Crippen LogP contribution in [-0.2, 0) is 6.42 Å². The molecule has 0 saturated heterocycles. The van der Waals surface area contributed by atoms with Gasteiger partial charge in [0.25, 0.3) is 0 Å². The van der Waals surface area contributed by atoms with Crippen molar-refractivity contribution in [1.29, 1.82) is 0 Å². The molecule has 3 rings (SSSR count). The molecule has 0 atom stereocenters. The van der Waals surface area contributed by atoms with Crippen molar-refractivity contribution in [2.24, 2.45) is 0 Å². The van der Waals surface area contributed by atoms with Crippen LogP contribution in [0.3, 0.4) is 0 Å². The molecule has 4 heteroatoms. The molecule has 4 nitrogen and oxygen atoms in total. The first-order valence-electron chi connectivity index (χ1n) is 5.72. The number of rotatable bonds is 2. The van der Waals surface area contributed by atoms with Gasteiger partial charge in [-0.1, -0.05) is 12.1 Å². The van der Waals surface area contributed by atoms with Gasteiger partial charge < -0.3 is 15.2 Å². The lowest BCUT2D eigenvalue weighted by molar-refractivity contribution is 0.475. The summed E-state index contributed by atoms with van der Waals surface area (Å²) in [5.74, 6) is 0.279. The zero-order valence-corrected chi connectivity index (χ0v) is 9.74.